The van der Waals surface area contributed by atoms with E-state index < -0.39 is 0 Å². The molecule has 0 saturated heterocycles. The third-order valence-electron chi connectivity index (χ3n) is 3.51. The Morgan fingerprint density at radius 3 is 2.68 bits per heavy atom. The van der Waals surface area contributed by atoms with Crippen LogP contribution in [0.1, 0.15) is 30.8 Å². The number of rotatable bonds is 4. The fourth-order valence-electron chi connectivity index (χ4n) is 2.53. The molecule has 0 aliphatic rings. The number of nitrogens with one attached hydrogen (secondary N) is 1. The minimum Gasteiger partial charge on any atom is -0.508 e. The van der Waals surface area contributed by atoms with Gasteiger partial charge in [0.25, 0.3) is 5.56 Å². The molecule has 0 atom stereocenters. The predicted molar refractivity (Wildman–Crippen MR) is 89.7 cm³/mol. The van der Waals surface area contributed by atoms with Crippen LogP contribution in [0, 0.1) is 5.92 Å². The van der Waals surface area contributed by atoms with Crippen LogP contribution < -0.4 is 5.56 Å². The number of aromatic nitrogens is 2. The quantitative estimate of drug-likeness (QED) is 0.775. The second-order valence-corrected chi connectivity index (χ2v) is 6.75. The van der Waals surface area contributed by atoms with Crippen LogP contribution in [0.3, 0.4) is 0 Å². The maximum Gasteiger partial charge on any atom is 0.259 e. The molecule has 0 spiro atoms. The first-order valence-electron chi connectivity index (χ1n) is 7.30. The number of nitrogens with zero attached hydrogens (tertiary/aromatic N) is 1. The van der Waals surface area contributed by atoms with E-state index >= 15 is 0 Å². The van der Waals surface area contributed by atoms with Crippen LogP contribution in [0.25, 0.3) is 10.2 Å². The fraction of sp³-hybridized carbons (Fsp3) is 0.294. The zero-order valence-corrected chi connectivity index (χ0v) is 13.4. The molecular weight excluding hydrogens is 296 g/mol. The van der Waals surface area contributed by atoms with Crippen molar-refractivity contribution >= 4 is 21.6 Å². The van der Waals surface area contributed by atoms with Crippen molar-refractivity contribution in [2.75, 3.05) is 0 Å². The van der Waals surface area contributed by atoms with Crippen LogP contribution in [0.5, 0.6) is 5.75 Å². The summed E-state index contributed by atoms with van der Waals surface area (Å²) in [6.45, 7) is 4.29. The average molecular weight is 314 g/mol. The molecule has 22 heavy (non-hydrogen) atoms. The van der Waals surface area contributed by atoms with E-state index in [1.165, 1.54) is 11.3 Å². The maximum absolute atomic E-state index is 12.4. The van der Waals surface area contributed by atoms with Gasteiger partial charge in [0.05, 0.1) is 5.39 Å². The molecule has 0 aliphatic carbocycles. The number of H-pyrrole nitrogens is 1. The summed E-state index contributed by atoms with van der Waals surface area (Å²) < 4.78 is 0. The number of fused-ring (bicyclic) bond motifs is 1. The first kappa shape index (κ1) is 14.8. The van der Waals surface area contributed by atoms with Crippen molar-refractivity contribution < 1.29 is 5.11 Å². The molecule has 0 fully saturated rings. The zero-order chi connectivity index (χ0) is 15.7. The number of phenolic OH excluding ortho intramolecular Hbond substituents is 1. The molecular formula is C17H18N2O2S. The molecule has 0 saturated carbocycles. The van der Waals surface area contributed by atoms with Crippen LogP contribution in [0.4, 0.5) is 0 Å². The van der Waals surface area contributed by atoms with Crippen LogP contribution >= 0.6 is 11.3 Å². The highest BCUT2D eigenvalue weighted by atomic mass is 32.1. The highest BCUT2D eigenvalue weighted by Gasteiger charge is 2.12. The first-order chi connectivity index (χ1) is 10.5. The van der Waals surface area contributed by atoms with Crippen LogP contribution in [0.15, 0.2) is 34.4 Å². The lowest BCUT2D eigenvalue weighted by Crippen LogP contribution is -2.12. The number of benzene rings is 1. The Balaban J connectivity index is 1.96. The lowest BCUT2D eigenvalue weighted by molar-refractivity contribution is 0.475. The molecule has 0 aliphatic heterocycles. The summed E-state index contributed by atoms with van der Waals surface area (Å²) in [5.41, 5.74) is 2.02. The van der Waals surface area contributed by atoms with Crippen LogP contribution in [-0.4, -0.2) is 15.1 Å². The summed E-state index contributed by atoms with van der Waals surface area (Å²) in [6.07, 6.45) is 1.44. The topological polar surface area (TPSA) is 66.0 Å². The number of aromatic hydroxyl groups is 1. The van der Waals surface area contributed by atoms with Crippen molar-refractivity contribution in [3.05, 3.63) is 57.0 Å². The lowest BCUT2D eigenvalue weighted by Gasteiger charge is -2.04. The maximum atomic E-state index is 12.4. The van der Waals surface area contributed by atoms with Crippen LogP contribution in [0.2, 0.25) is 0 Å². The third-order valence-corrected chi connectivity index (χ3v) is 4.43. The molecule has 2 aromatic heterocycles. The number of aromatic amines is 1. The zero-order valence-electron chi connectivity index (χ0n) is 12.6. The molecule has 2 heterocycles. The SMILES string of the molecule is CC(C)Cc1csc2nc(Cc3ccc(O)cc3)[nH]c(=O)c12. The van der Waals surface area contributed by atoms with Gasteiger partial charge in [-0.1, -0.05) is 26.0 Å². The van der Waals surface area contributed by atoms with E-state index in [0.717, 1.165) is 27.8 Å². The number of hydrogen-bond donors (Lipinski definition) is 2. The Bertz CT molecular complexity index is 847. The molecule has 1 aromatic carbocycles. The van der Waals surface area contributed by atoms with Gasteiger partial charge < -0.3 is 10.1 Å². The van der Waals surface area contributed by atoms with Crippen molar-refractivity contribution in [1.82, 2.24) is 9.97 Å². The monoisotopic (exact) mass is 314 g/mol. The van der Waals surface area contributed by atoms with E-state index in [4.69, 9.17) is 0 Å². The normalized spacial score (nSPS) is 11.4. The molecule has 0 amide bonds. The molecule has 3 aromatic rings. The van der Waals surface area contributed by atoms with Crippen molar-refractivity contribution in [1.29, 1.82) is 0 Å². The first-order valence-corrected chi connectivity index (χ1v) is 8.18. The predicted octanol–water partition coefficient (Wildman–Crippen LogP) is 3.48. The van der Waals surface area contributed by atoms with Gasteiger partial charge in [-0.3, -0.25) is 4.79 Å². The minimum absolute atomic E-state index is 0.0596. The average Bonchev–Trinajstić information content (AvgIpc) is 2.84. The molecule has 0 radical (unpaired) electrons. The van der Waals surface area contributed by atoms with E-state index in [-0.39, 0.29) is 11.3 Å². The molecule has 2 N–H and O–H groups in total. The van der Waals surface area contributed by atoms with E-state index in [0.29, 0.717) is 18.2 Å². The van der Waals surface area contributed by atoms with E-state index in [1.807, 2.05) is 17.5 Å². The Hall–Kier alpha value is -2.14. The van der Waals surface area contributed by atoms with Gasteiger partial charge in [-0.05, 0) is 41.0 Å². The van der Waals surface area contributed by atoms with Gasteiger partial charge in [0.15, 0.2) is 0 Å². The summed E-state index contributed by atoms with van der Waals surface area (Å²) in [5.74, 6) is 1.40. The standard InChI is InChI=1S/C17H18N2O2S/c1-10(2)7-12-9-22-17-15(12)16(21)18-14(19-17)8-11-3-5-13(20)6-4-11/h3-6,9-10,20H,7-8H2,1-2H3,(H,18,19,21). The summed E-state index contributed by atoms with van der Waals surface area (Å²) in [7, 11) is 0. The van der Waals surface area contributed by atoms with Crippen LogP contribution in [-0.2, 0) is 12.8 Å². The van der Waals surface area contributed by atoms with E-state index in [1.54, 1.807) is 12.1 Å². The van der Waals surface area contributed by atoms with Crippen molar-refractivity contribution in [2.24, 2.45) is 5.92 Å². The number of phenols is 1. The molecule has 5 heteroatoms. The fourth-order valence-corrected chi connectivity index (χ4v) is 3.50. The summed E-state index contributed by atoms with van der Waals surface area (Å²) in [5, 5.41) is 12.1. The Morgan fingerprint density at radius 1 is 1.27 bits per heavy atom. The number of hydrogen-bond acceptors (Lipinski definition) is 4. The summed E-state index contributed by atoms with van der Waals surface area (Å²) >= 11 is 1.53. The highest BCUT2D eigenvalue weighted by molar-refractivity contribution is 7.16. The molecule has 0 unspecified atom stereocenters. The highest BCUT2D eigenvalue weighted by Crippen LogP contribution is 2.24. The second-order valence-electron chi connectivity index (χ2n) is 5.89. The third kappa shape index (κ3) is 3.04. The van der Waals surface area contributed by atoms with Gasteiger partial charge in [0.1, 0.15) is 16.4 Å². The summed E-state index contributed by atoms with van der Waals surface area (Å²) in [6, 6.07) is 6.94. The van der Waals surface area contributed by atoms with Gasteiger partial charge in [-0.2, -0.15) is 0 Å². The molecule has 114 valence electrons. The van der Waals surface area contributed by atoms with Gasteiger partial charge in [-0.15, -0.1) is 11.3 Å². The van der Waals surface area contributed by atoms with Gasteiger partial charge in [-0.25, -0.2) is 4.98 Å². The van der Waals surface area contributed by atoms with Gasteiger partial charge in [0.2, 0.25) is 0 Å². The Labute approximate surface area is 132 Å². The summed E-state index contributed by atoms with van der Waals surface area (Å²) in [4.78, 5) is 20.7. The molecule has 4 nitrogen and oxygen atoms in total. The van der Waals surface area contributed by atoms with E-state index in [9.17, 15) is 9.90 Å². The Kier molecular flexibility index (Phi) is 3.98. The molecule has 3 rings (SSSR count). The second kappa shape index (κ2) is 5.93. The Morgan fingerprint density at radius 2 is 2.00 bits per heavy atom. The number of thiophene rings is 1. The smallest absolute Gasteiger partial charge is 0.259 e. The van der Waals surface area contributed by atoms with E-state index in [2.05, 4.69) is 23.8 Å². The molecule has 0 bridgehead atoms. The lowest BCUT2D eigenvalue weighted by atomic mass is 10.0. The minimum atomic E-state index is -0.0596. The van der Waals surface area contributed by atoms with Crippen molar-refractivity contribution in [3.8, 4) is 5.75 Å². The van der Waals surface area contributed by atoms with Crippen molar-refractivity contribution in [2.45, 2.75) is 26.7 Å². The largest absolute Gasteiger partial charge is 0.508 e. The van der Waals surface area contributed by atoms with Gasteiger partial charge >= 0.3 is 0 Å². The van der Waals surface area contributed by atoms with Gasteiger partial charge in [0, 0.05) is 6.42 Å². The van der Waals surface area contributed by atoms with Crippen molar-refractivity contribution in [3.63, 3.8) is 0 Å².